The van der Waals surface area contributed by atoms with Crippen molar-refractivity contribution in [3.63, 3.8) is 0 Å². The van der Waals surface area contributed by atoms with E-state index >= 15 is 0 Å². The highest BCUT2D eigenvalue weighted by Gasteiger charge is 2.19. The van der Waals surface area contributed by atoms with Gasteiger partial charge >= 0.3 is 17.9 Å². The van der Waals surface area contributed by atoms with Gasteiger partial charge in [-0.3, -0.25) is 14.4 Å². The molecule has 0 spiro atoms. The van der Waals surface area contributed by atoms with Gasteiger partial charge in [0.25, 0.3) is 0 Å². The van der Waals surface area contributed by atoms with E-state index < -0.39 is 6.10 Å². The van der Waals surface area contributed by atoms with E-state index in [4.69, 9.17) is 14.2 Å². The first-order valence-electron chi connectivity index (χ1n) is 35.0. The highest BCUT2D eigenvalue weighted by Crippen LogP contribution is 2.18. The predicted octanol–water partition coefficient (Wildman–Crippen LogP) is 23.9. The number of carbonyl (C=O) groups excluding carboxylic acids is 3. The fourth-order valence-corrected chi connectivity index (χ4v) is 10.6. The average Bonchev–Trinajstić information content (AvgIpc) is 3.44. The quantitative estimate of drug-likeness (QED) is 0.0261. The Morgan fingerprint density at radius 2 is 0.462 bits per heavy atom. The Morgan fingerprint density at radius 1 is 0.256 bits per heavy atom. The van der Waals surface area contributed by atoms with Crippen molar-refractivity contribution < 1.29 is 28.6 Å². The highest BCUT2D eigenvalue weighted by molar-refractivity contribution is 5.71. The van der Waals surface area contributed by atoms with Gasteiger partial charge in [-0.15, -0.1) is 0 Å². The maximum absolute atomic E-state index is 12.9. The van der Waals surface area contributed by atoms with Gasteiger partial charge in [0, 0.05) is 19.3 Å². The summed E-state index contributed by atoms with van der Waals surface area (Å²) in [7, 11) is 0. The zero-order valence-electron chi connectivity index (χ0n) is 52.7. The summed E-state index contributed by atoms with van der Waals surface area (Å²) in [5, 5.41) is 0. The molecular formula is C72H134O6. The molecule has 1 atom stereocenters. The van der Waals surface area contributed by atoms with Crippen molar-refractivity contribution in [2.75, 3.05) is 13.2 Å². The Kier molecular flexibility index (Phi) is 65.1. The van der Waals surface area contributed by atoms with Crippen LogP contribution in [0.25, 0.3) is 0 Å². The number of unbranched alkanes of at least 4 members (excludes halogenated alkanes) is 48. The Morgan fingerprint density at radius 3 is 0.731 bits per heavy atom. The lowest BCUT2D eigenvalue weighted by atomic mass is 10.0. The van der Waals surface area contributed by atoms with E-state index in [0.29, 0.717) is 19.3 Å². The van der Waals surface area contributed by atoms with Crippen LogP contribution in [0.1, 0.15) is 387 Å². The second kappa shape index (κ2) is 67.1. The molecule has 6 nitrogen and oxygen atoms in total. The van der Waals surface area contributed by atoms with E-state index in [1.165, 1.54) is 276 Å². The first-order chi connectivity index (χ1) is 38.5. The van der Waals surface area contributed by atoms with Crippen LogP contribution in [0.15, 0.2) is 36.5 Å². The molecule has 0 amide bonds. The Hall–Kier alpha value is -2.37. The van der Waals surface area contributed by atoms with Crippen molar-refractivity contribution in [3.8, 4) is 0 Å². The van der Waals surface area contributed by atoms with E-state index in [2.05, 4.69) is 57.2 Å². The molecule has 0 radical (unpaired) electrons. The van der Waals surface area contributed by atoms with E-state index in [-0.39, 0.29) is 31.1 Å². The third-order valence-electron chi connectivity index (χ3n) is 15.9. The molecule has 0 aromatic heterocycles. The molecule has 0 aliphatic heterocycles. The molecule has 78 heavy (non-hydrogen) atoms. The zero-order valence-corrected chi connectivity index (χ0v) is 52.7. The Bertz CT molecular complexity index is 1300. The molecular weight excluding hydrogens is 961 g/mol. The van der Waals surface area contributed by atoms with Crippen LogP contribution in [-0.2, 0) is 28.6 Å². The van der Waals surface area contributed by atoms with Crippen LogP contribution < -0.4 is 0 Å². The molecule has 0 bridgehead atoms. The van der Waals surface area contributed by atoms with Crippen molar-refractivity contribution in [1.82, 2.24) is 0 Å². The molecule has 0 aliphatic carbocycles. The van der Waals surface area contributed by atoms with Crippen molar-refractivity contribution in [2.24, 2.45) is 0 Å². The third-order valence-corrected chi connectivity index (χ3v) is 15.9. The summed E-state index contributed by atoms with van der Waals surface area (Å²) in [6.45, 7) is 6.67. The number of hydrogen-bond donors (Lipinski definition) is 0. The van der Waals surface area contributed by atoms with Crippen LogP contribution in [0.2, 0.25) is 0 Å². The fraction of sp³-hybridized carbons (Fsp3) is 0.875. The van der Waals surface area contributed by atoms with Gasteiger partial charge in [-0.05, 0) is 77.0 Å². The molecule has 0 saturated heterocycles. The molecule has 0 rings (SSSR count). The second-order valence-electron chi connectivity index (χ2n) is 23.8. The van der Waals surface area contributed by atoms with Gasteiger partial charge in [-0.1, -0.05) is 327 Å². The number of allylic oxidation sites excluding steroid dienone is 6. The van der Waals surface area contributed by atoms with E-state index in [1.54, 1.807) is 0 Å². The third kappa shape index (κ3) is 64.5. The van der Waals surface area contributed by atoms with Crippen LogP contribution in [0.5, 0.6) is 0 Å². The van der Waals surface area contributed by atoms with Gasteiger partial charge < -0.3 is 14.2 Å². The van der Waals surface area contributed by atoms with Crippen LogP contribution in [0.4, 0.5) is 0 Å². The van der Waals surface area contributed by atoms with E-state index in [9.17, 15) is 14.4 Å². The Balaban J connectivity index is 4.11. The lowest BCUT2D eigenvalue weighted by Crippen LogP contribution is -2.30. The summed E-state index contributed by atoms with van der Waals surface area (Å²) >= 11 is 0. The number of rotatable bonds is 65. The molecule has 6 heteroatoms. The summed E-state index contributed by atoms with van der Waals surface area (Å²) in [6, 6.07) is 0. The van der Waals surface area contributed by atoms with Crippen LogP contribution in [0, 0.1) is 0 Å². The average molecular weight is 1100 g/mol. The SMILES string of the molecule is CCCCCC/C=C\C/C=C\CCCCCCCCCC(=O)OC(COC(=O)CCCCCCCCCCCCC)COC(=O)CCCCCCCCCCCCCCCCCCCCC/C=C\CCCCCCCCCC. The summed E-state index contributed by atoms with van der Waals surface area (Å²) < 4.78 is 16.9. The van der Waals surface area contributed by atoms with Gasteiger partial charge in [-0.2, -0.15) is 0 Å². The molecule has 0 aromatic rings. The topological polar surface area (TPSA) is 78.9 Å². The molecule has 0 saturated carbocycles. The molecule has 0 fully saturated rings. The summed E-state index contributed by atoms with van der Waals surface area (Å²) in [4.78, 5) is 38.3. The minimum atomic E-state index is -0.773. The van der Waals surface area contributed by atoms with Crippen molar-refractivity contribution in [3.05, 3.63) is 36.5 Å². The van der Waals surface area contributed by atoms with E-state index in [1.807, 2.05) is 0 Å². The van der Waals surface area contributed by atoms with Crippen LogP contribution >= 0.6 is 0 Å². The van der Waals surface area contributed by atoms with Crippen molar-refractivity contribution in [1.29, 1.82) is 0 Å². The van der Waals surface area contributed by atoms with Gasteiger partial charge in [0.1, 0.15) is 13.2 Å². The van der Waals surface area contributed by atoms with Crippen LogP contribution in [0.3, 0.4) is 0 Å². The maximum Gasteiger partial charge on any atom is 0.306 e. The maximum atomic E-state index is 12.9. The lowest BCUT2D eigenvalue weighted by molar-refractivity contribution is -0.167. The standard InChI is InChI=1S/C72H134O6/c1-4-7-10-13-16-19-22-24-26-28-30-31-32-33-34-35-36-37-38-39-40-41-42-44-45-47-50-53-56-59-62-65-71(74)77-68-69(67-76-70(73)64-61-58-55-52-49-21-18-15-12-9-6-3)78-72(75)66-63-60-57-54-51-48-46-43-29-27-25-23-20-17-14-11-8-5-2/h20,23,27-30,69H,4-19,21-22,24-26,31-68H2,1-3H3/b23-20-,29-27-,30-28-. The van der Waals surface area contributed by atoms with Gasteiger partial charge in [0.15, 0.2) is 6.10 Å². The van der Waals surface area contributed by atoms with Gasteiger partial charge in [0.2, 0.25) is 0 Å². The zero-order chi connectivity index (χ0) is 56.4. The normalized spacial score (nSPS) is 12.2. The number of hydrogen-bond acceptors (Lipinski definition) is 6. The summed E-state index contributed by atoms with van der Waals surface area (Å²) in [5.41, 5.74) is 0. The summed E-state index contributed by atoms with van der Waals surface area (Å²) in [6.07, 6.45) is 83.3. The van der Waals surface area contributed by atoms with Crippen LogP contribution in [-0.4, -0.2) is 37.2 Å². The number of carbonyl (C=O) groups is 3. The predicted molar refractivity (Wildman–Crippen MR) is 339 cm³/mol. The summed E-state index contributed by atoms with van der Waals surface area (Å²) in [5.74, 6) is -0.853. The smallest absolute Gasteiger partial charge is 0.306 e. The highest BCUT2D eigenvalue weighted by atomic mass is 16.6. The number of esters is 3. The lowest BCUT2D eigenvalue weighted by Gasteiger charge is -2.18. The van der Waals surface area contributed by atoms with Gasteiger partial charge in [-0.25, -0.2) is 0 Å². The second-order valence-corrected chi connectivity index (χ2v) is 23.8. The monoisotopic (exact) mass is 1100 g/mol. The molecule has 0 aromatic carbocycles. The van der Waals surface area contributed by atoms with E-state index in [0.717, 1.165) is 70.6 Å². The molecule has 0 N–H and O–H groups in total. The van der Waals surface area contributed by atoms with Gasteiger partial charge in [0.05, 0.1) is 0 Å². The minimum Gasteiger partial charge on any atom is -0.462 e. The fourth-order valence-electron chi connectivity index (χ4n) is 10.6. The largest absolute Gasteiger partial charge is 0.462 e. The molecule has 458 valence electrons. The van der Waals surface area contributed by atoms with Crippen molar-refractivity contribution in [2.45, 2.75) is 393 Å². The first kappa shape index (κ1) is 75.6. The number of ether oxygens (including phenoxy) is 3. The molecule has 0 aliphatic rings. The Labute approximate surface area is 486 Å². The minimum absolute atomic E-state index is 0.0701. The van der Waals surface area contributed by atoms with Crippen molar-refractivity contribution >= 4 is 17.9 Å². The molecule has 1 unspecified atom stereocenters. The molecule has 0 heterocycles. The first-order valence-corrected chi connectivity index (χ1v) is 35.0.